The van der Waals surface area contributed by atoms with Gasteiger partial charge in [-0.15, -0.1) is 11.3 Å². The number of nitrogens with zero attached hydrogens (tertiary/aromatic N) is 1. The Bertz CT molecular complexity index is 912. The van der Waals surface area contributed by atoms with E-state index in [0.29, 0.717) is 16.5 Å². The summed E-state index contributed by atoms with van der Waals surface area (Å²) in [4.78, 5) is 28.3. The average molecular weight is 370 g/mol. The van der Waals surface area contributed by atoms with Crippen molar-refractivity contribution < 1.29 is 18.7 Å². The van der Waals surface area contributed by atoms with E-state index < -0.39 is 5.97 Å². The minimum atomic E-state index is -0.537. The van der Waals surface area contributed by atoms with Gasteiger partial charge in [0.25, 0.3) is 0 Å². The third-order valence-electron chi connectivity index (χ3n) is 3.54. The highest BCUT2D eigenvalue weighted by molar-refractivity contribution is 7.09. The largest absolute Gasteiger partial charge is 0.454 e. The maximum Gasteiger partial charge on any atom is 0.374 e. The molecule has 1 N–H and O–H groups in total. The number of anilines is 1. The fourth-order valence-corrected chi connectivity index (χ4v) is 3.01. The molecule has 0 bridgehead atoms. The Hall–Kier alpha value is -2.93. The van der Waals surface area contributed by atoms with Crippen molar-refractivity contribution in [3.63, 3.8) is 0 Å². The number of rotatable bonds is 6. The summed E-state index contributed by atoms with van der Waals surface area (Å²) >= 11 is 1.36. The molecule has 0 radical (unpaired) electrons. The SMILES string of the molecule is Cc1ccc(NC(=O)Cc2nc(COC(=O)c3ccc(C)o3)cs2)cc1. The Morgan fingerprint density at radius 1 is 1.15 bits per heavy atom. The lowest BCUT2D eigenvalue weighted by molar-refractivity contribution is -0.115. The van der Waals surface area contributed by atoms with Gasteiger partial charge in [0.05, 0.1) is 12.1 Å². The molecule has 3 aromatic rings. The zero-order valence-electron chi connectivity index (χ0n) is 14.4. The maximum atomic E-state index is 12.1. The minimum Gasteiger partial charge on any atom is -0.454 e. The van der Waals surface area contributed by atoms with Crippen molar-refractivity contribution in [1.29, 1.82) is 0 Å². The summed E-state index contributed by atoms with van der Waals surface area (Å²) in [5, 5.41) is 5.27. The molecule has 2 aromatic heterocycles. The predicted molar refractivity (Wildman–Crippen MR) is 98.2 cm³/mol. The lowest BCUT2D eigenvalue weighted by Gasteiger charge is -2.04. The van der Waals surface area contributed by atoms with Crippen molar-refractivity contribution in [3.05, 3.63) is 69.6 Å². The molecule has 0 aliphatic carbocycles. The van der Waals surface area contributed by atoms with E-state index in [4.69, 9.17) is 9.15 Å². The molecule has 0 saturated heterocycles. The number of esters is 1. The standard InChI is InChI=1S/C19H18N2O4S/c1-12-3-6-14(7-4-12)20-17(22)9-18-21-15(11-26-18)10-24-19(23)16-8-5-13(2)25-16/h3-8,11H,9-10H2,1-2H3,(H,20,22). The first-order chi connectivity index (χ1) is 12.5. The van der Waals surface area contributed by atoms with E-state index in [0.717, 1.165) is 11.3 Å². The lowest BCUT2D eigenvalue weighted by Crippen LogP contribution is -2.14. The van der Waals surface area contributed by atoms with Gasteiger partial charge in [-0.1, -0.05) is 17.7 Å². The van der Waals surface area contributed by atoms with Crippen LogP contribution in [0.15, 0.2) is 46.2 Å². The number of hydrogen-bond acceptors (Lipinski definition) is 6. The quantitative estimate of drug-likeness (QED) is 0.666. The van der Waals surface area contributed by atoms with Crippen LogP contribution in [-0.2, 0) is 22.6 Å². The van der Waals surface area contributed by atoms with Crippen molar-refractivity contribution in [2.75, 3.05) is 5.32 Å². The second kappa shape index (κ2) is 7.97. The Kier molecular flexibility index (Phi) is 5.48. The average Bonchev–Trinajstić information content (AvgIpc) is 3.24. The Labute approximate surface area is 154 Å². The lowest BCUT2D eigenvalue weighted by atomic mass is 10.2. The molecular weight excluding hydrogens is 352 g/mol. The van der Waals surface area contributed by atoms with E-state index in [1.54, 1.807) is 24.4 Å². The third-order valence-corrected chi connectivity index (χ3v) is 4.44. The van der Waals surface area contributed by atoms with Gasteiger partial charge >= 0.3 is 5.97 Å². The van der Waals surface area contributed by atoms with Gasteiger partial charge in [0, 0.05) is 11.1 Å². The van der Waals surface area contributed by atoms with Crippen LogP contribution in [0, 0.1) is 13.8 Å². The highest BCUT2D eigenvalue weighted by Gasteiger charge is 2.13. The first-order valence-electron chi connectivity index (χ1n) is 8.03. The Morgan fingerprint density at radius 3 is 2.62 bits per heavy atom. The number of furan rings is 1. The van der Waals surface area contributed by atoms with E-state index in [1.807, 2.05) is 31.2 Å². The molecule has 0 spiro atoms. The van der Waals surface area contributed by atoms with E-state index in [9.17, 15) is 9.59 Å². The van der Waals surface area contributed by atoms with E-state index in [1.165, 1.54) is 11.3 Å². The number of amides is 1. The number of ether oxygens (including phenoxy) is 1. The van der Waals surface area contributed by atoms with Crippen LogP contribution in [0.5, 0.6) is 0 Å². The number of nitrogens with one attached hydrogen (secondary N) is 1. The van der Waals surface area contributed by atoms with Gasteiger partial charge in [-0.2, -0.15) is 0 Å². The topological polar surface area (TPSA) is 81.4 Å². The third kappa shape index (κ3) is 4.80. The van der Waals surface area contributed by atoms with Crippen molar-refractivity contribution in [3.8, 4) is 0 Å². The summed E-state index contributed by atoms with van der Waals surface area (Å²) in [6.07, 6.45) is 0.171. The maximum absolute atomic E-state index is 12.1. The molecule has 0 aliphatic heterocycles. The summed E-state index contributed by atoms with van der Waals surface area (Å²) in [5.74, 6) is 0.130. The fraction of sp³-hybridized carbons (Fsp3) is 0.211. The highest BCUT2D eigenvalue weighted by Crippen LogP contribution is 2.15. The molecule has 134 valence electrons. The van der Waals surface area contributed by atoms with Crippen LogP contribution in [0.25, 0.3) is 0 Å². The van der Waals surface area contributed by atoms with Crippen LogP contribution in [0.4, 0.5) is 5.69 Å². The number of aromatic nitrogens is 1. The van der Waals surface area contributed by atoms with Crippen LogP contribution in [0.1, 0.15) is 32.6 Å². The van der Waals surface area contributed by atoms with Crippen LogP contribution in [-0.4, -0.2) is 16.9 Å². The molecule has 0 unspecified atom stereocenters. The summed E-state index contributed by atoms with van der Waals surface area (Å²) in [7, 11) is 0. The molecule has 7 heteroatoms. The Morgan fingerprint density at radius 2 is 1.92 bits per heavy atom. The molecule has 1 amide bonds. The van der Waals surface area contributed by atoms with Gasteiger partial charge in [-0.3, -0.25) is 4.79 Å². The number of aryl methyl sites for hydroxylation is 2. The molecule has 0 fully saturated rings. The summed E-state index contributed by atoms with van der Waals surface area (Å²) in [6.45, 7) is 3.78. The zero-order valence-corrected chi connectivity index (χ0v) is 15.3. The molecule has 3 rings (SSSR count). The van der Waals surface area contributed by atoms with Gasteiger partial charge in [0.2, 0.25) is 11.7 Å². The van der Waals surface area contributed by atoms with Gasteiger partial charge in [0.1, 0.15) is 17.4 Å². The Balaban J connectivity index is 1.50. The summed E-state index contributed by atoms with van der Waals surface area (Å²) in [5.41, 5.74) is 2.48. The molecule has 26 heavy (non-hydrogen) atoms. The number of hydrogen-bond donors (Lipinski definition) is 1. The second-order valence-corrected chi connectivity index (χ2v) is 6.75. The van der Waals surface area contributed by atoms with Crippen molar-refractivity contribution in [2.45, 2.75) is 26.9 Å². The fourth-order valence-electron chi connectivity index (χ4n) is 2.23. The summed E-state index contributed by atoms with van der Waals surface area (Å²) < 4.78 is 10.4. The molecule has 0 atom stereocenters. The molecule has 0 aliphatic rings. The van der Waals surface area contributed by atoms with Crippen molar-refractivity contribution >= 4 is 28.9 Å². The van der Waals surface area contributed by atoms with Gasteiger partial charge in [-0.05, 0) is 38.1 Å². The van der Waals surface area contributed by atoms with Crippen LogP contribution in [0.3, 0.4) is 0 Å². The zero-order chi connectivity index (χ0) is 18.5. The van der Waals surface area contributed by atoms with E-state index >= 15 is 0 Å². The van der Waals surface area contributed by atoms with Crippen LogP contribution >= 0.6 is 11.3 Å². The van der Waals surface area contributed by atoms with Crippen LogP contribution < -0.4 is 5.32 Å². The van der Waals surface area contributed by atoms with Gasteiger partial charge < -0.3 is 14.5 Å². The molecule has 6 nitrogen and oxygen atoms in total. The molecule has 2 heterocycles. The minimum absolute atomic E-state index is 0.0364. The normalized spacial score (nSPS) is 10.5. The van der Waals surface area contributed by atoms with Crippen LogP contribution in [0.2, 0.25) is 0 Å². The van der Waals surface area contributed by atoms with Crippen molar-refractivity contribution in [1.82, 2.24) is 4.98 Å². The number of benzene rings is 1. The monoisotopic (exact) mass is 370 g/mol. The molecule has 0 saturated carbocycles. The van der Waals surface area contributed by atoms with Crippen molar-refractivity contribution in [2.24, 2.45) is 0 Å². The summed E-state index contributed by atoms with van der Waals surface area (Å²) in [6, 6.07) is 10.9. The first-order valence-corrected chi connectivity index (χ1v) is 8.91. The van der Waals surface area contributed by atoms with E-state index in [-0.39, 0.29) is 24.7 Å². The van der Waals surface area contributed by atoms with Gasteiger partial charge in [0.15, 0.2) is 0 Å². The highest BCUT2D eigenvalue weighted by atomic mass is 32.1. The second-order valence-electron chi connectivity index (χ2n) is 5.81. The molecule has 1 aromatic carbocycles. The number of thiazole rings is 1. The first kappa shape index (κ1) is 17.9. The number of carbonyl (C=O) groups excluding carboxylic acids is 2. The number of carbonyl (C=O) groups is 2. The van der Waals surface area contributed by atoms with E-state index in [2.05, 4.69) is 10.3 Å². The predicted octanol–water partition coefficient (Wildman–Crippen LogP) is 3.89. The van der Waals surface area contributed by atoms with Gasteiger partial charge in [-0.25, -0.2) is 9.78 Å². The smallest absolute Gasteiger partial charge is 0.374 e. The molecular formula is C19H18N2O4S.